The molecule has 0 bridgehead atoms. The molecule has 0 fully saturated rings. The van der Waals surface area contributed by atoms with Gasteiger partial charge in [0.1, 0.15) is 6.04 Å². The van der Waals surface area contributed by atoms with Gasteiger partial charge in [0, 0.05) is 29.2 Å². The van der Waals surface area contributed by atoms with Crippen LogP contribution in [0.3, 0.4) is 0 Å². The van der Waals surface area contributed by atoms with Crippen LogP contribution in [0.25, 0.3) is 10.9 Å². The van der Waals surface area contributed by atoms with Crippen LogP contribution in [0.5, 0.6) is 0 Å². The number of carbonyl (C=O) groups is 1. The molecule has 1 heterocycles. The Hall–Kier alpha value is -1.72. The molecule has 1 aromatic heterocycles. The topological polar surface area (TPSA) is 94.1 Å². The summed E-state index contributed by atoms with van der Waals surface area (Å²) in [5.74, 6) is -0.422. The van der Waals surface area contributed by atoms with E-state index in [1.807, 2.05) is 24.4 Å². The number of H-pyrrole nitrogens is 1. The maximum atomic E-state index is 11.3. The molecule has 1 aromatic carbocycles. The highest BCUT2D eigenvalue weighted by atomic mass is 35.5. The number of esters is 1. The van der Waals surface area contributed by atoms with Gasteiger partial charge in [-0.05, 0) is 17.7 Å². The van der Waals surface area contributed by atoms with Crippen LogP contribution in [0, 0.1) is 0 Å². The Kier molecular flexibility index (Phi) is 4.58. The van der Waals surface area contributed by atoms with Gasteiger partial charge in [-0.15, -0.1) is 12.4 Å². The fourth-order valence-electron chi connectivity index (χ4n) is 1.92. The first-order valence-corrected chi connectivity index (χ1v) is 5.31. The van der Waals surface area contributed by atoms with Crippen molar-refractivity contribution in [1.82, 2.24) is 4.98 Å². The Bertz CT molecular complexity index is 553. The van der Waals surface area contributed by atoms with E-state index in [0.717, 1.165) is 16.5 Å². The van der Waals surface area contributed by atoms with Crippen LogP contribution in [-0.4, -0.2) is 24.1 Å². The number of carbonyl (C=O) groups excluding carboxylic acids is 1. The first-order chi connectivity index (χ1) is 8.13. The number of aromatic nitrogens is 1. The number of fused-ring (bicyclic) bond motifs is 1. The molecular weight excluding hydrogens is 254 g/mol. The number of ether oxygens (including phenoxy) is 1. The molecule has 0 aliphatic heterocycles. The lowest BCUT2D eigenvalue weighted by Gasteiger charge is -2.08. The van der Waals surface area contributed by atoms with Crippen LogP contribution >= 0.6 is 12.4 Å². The molecule has 0 aliphatic rings. The van der Waals surface area contributed by atoms with Crippen molar-refractivity contribution in [1.29, 1.82) is 0 Å². The number of nitrogens with one attached hydrogen (secondary N) is 1. The van der Waals surface area contributed by atoms with E-state index in [4.69, 9.17) is 11.5 Å². The van der Waals surface area contributed by atoms with Gasteiger partial charge in [-0.25, -0.2) is 0 Å². The van der Waals surface area contributed by atoms with E-state index in [1.54, 1.807) is 0 Å². The molecule has 2 aromatic rings. The Labute approximate surface area is 111 Å². The van der Waals surface area contributed by atoms with Crippen molar-refractivity contribution >= 4 is 35.0 Å². The second-order valence-corrected chi connectivity index (χ2v) is 3.92. The van der Waals surface area contributed by atoms with Crippen LogP contribution in [0.2, 0.25) is 0 Å². The first-order valence-electron chi connectivity index (χ1n) is 5.31. The Morgan fingerprint density at radius 1 is 1.50 bits per heavy atom. The highest BCUT2D eigenvalue weighted by molar-refractivity contribution is 5.94. The van der Waals surface area contributed by atoms with E-state index in [-0.39, 0.29) is 12.4 Å². The lowest BCUT2D eigenvalue weighted by molar-refractivity contribution is -0.142. The molecule has 0 aliphatic carbocycles. The number of halogens is 1. The smallest absolute Gasteiger partial charge is 0.322 e. The third-order valence-corrected chi connectivity index (χ3v) is 2.76. The zero-order valence-corrected chi connectivity index (χ0v) is 10.8. The van der Waals surface area contributed by atoms with Gasteiger partial charge in [0.25, 0.3) is 0 Å². The lowest BCUT2D eigenvalue weighted by atomic mass is 10.0. The van der Waals surface area contributed by atoms with Crippen molar-refractivity contribution in [3.05, 3.63) is 30.0 Å². The number of nitrogens with two attached hydrogens (primary N) is 2. The Balaban J connectivity index is 0.00000162. The minimum absolute atomic E-state index is 0. The van der Waals surface area contributed by atoms with E-state index < -0.39 is 12.0 Å². The van der Waals surface area contributed by atoms with Crippen molar-refractivity contribution in [3.63, 3.8) is 0 Å². The number of benzene rings is 1. The molecule has 5 nitrogen and oxygen atoms in total. The van der Waals surface area contributed by atoms with Crippen LogP contribution in [-0.2, 0) is 16.0 Å². The largest absolute Gasteiger partial charge is 0.468 e. The average molecular weight is 270 g/mol. The summed E-state index contributed by atoms with van der Waals surface area (Å²) in [6, 6.07) is 4.96. The predicted molar refractivity (Wildman–Crippen MR) is 73.7 cm³/mol. The highest BCUT2D eigenvalue weighted by Crippen LogP contribution is 2.25. The molecule has 0 spiro atoms. The third kappa shape index (κ3) is 2.57. The summed E-state index contributed by atoms with van der Waals surface area (Å²) in [7, 11) is 1.33. The number of nitrogen functional groups attached to an aromatic ring is 1. The summed E-state index contributed by atoms with van der Waals surface area (Å²) in [6.45, 7) is 0. The third-order valence-electron chi connectivity index (χ3n) is 2.76. The van der Waals surface area contributed by atoms with Crippen LogP contribution in [0.4, 0.5) is 5.69 Å². The fourth-order valence-corrected chi connectivity index (χ4v) is 1.92. The van der Waals surface area contributed by atoms with Crippen molar-refractivity contribution < 1.29 is 9.53 Å². The second kappa shape index (κ2) is 5.75. The number of anilines is 1. The quantitative estimate of drug-likeness (QED) is 0.577. The molecule has 0 saturated heterocycles. The summed E-state index contributed by atoms with van der Waals surface area (Å²) in [4.78, 5) is 14.4. The molecule has 0 radical (unpaired) electrons. The zero-order valence-electron chi connectivity index (χ0n) is 9.97. The number of aromatic amines is 1. The number of rotatable bonds is 3. The van der Waals surface area contributed by atoms with Gasteiger partial charge in [0.05, 0.1) is 7.11 Å². The van der Waals surface area contributed by atoms with Crippen LogP contribution in [0.1, 0.15) is 5.56 Å². The predicted octanol–water partition coefficient (Wildman–Crippen LogP) is 1.21. The minimum atomic E-state index is -0.668. The van der Waals surface area contributed by atoms with E-state index in [2.05, 4.69) is 9.72 Å². The minimum Gasteiger partial charge on any atom is -0.468 e. The van der Waals surface area contributed by atoms with E-state index in [0.29, 0.717) is 12.1 Å². The van der Waals surface area contributed by atoms with Crippen LogP contribution in [0.15, 0.2) is 24.4 Å². The monoisotopic (exact) mass is 269 g/mol. The Morgan fingerprint density at radius 2 is 2.22 bits per heavy atom. The van der Waals surface area contributed by atoms with Gasteiger partial charge in [-0.2, -0.15) is 0 Å². The maximum absolute atomic E-state index is 11.3. The zero-order chi connectivity index (χ0) is 12.4. The van der Waals surface area contributed by atoms with Gasteiger partial charge in [0.15, 0.2) is 0 Å². The molecular formula is C12H16ClN3O2. The van der Waals surface area contributed by atoms with Gasteiger partial charge >= 0.3 is 5.97 Å². The van der Waals surface area contributed by atoms with Gasteiger partial charge < -0.3 is 21.2 Å². The summed E-state index contributed by atoms with van der Waals surface area (Å²) in [6.07, 6.45) is 2.23. The van der Waals surface area contributed by atoms with Crippen molar-refractivity contribution in [2.75, 3.05) is 12.8 Å². The summed E-state index contributed by atoms with van der Waals surface area (Å²) in [5.41, 5.74) is 14.2. The molecule has 1 unspecified atom stereocenters. The van der Waals surface area contributed by atoms with Gasteiger partial charge in [0.2, 0.25) is 0 Å². The first kappa shape index (κ1) is 14.3. The molecule has 6 heteroatoms. The van der Waals surface area contributed by atoms with Crippen LogP contribution < -0.4 is 11.5 Å². The normalized spacial score (nSPS) is 11.9. The average Bonchev–Trinajstić information content (AvgIpc) is 2.72. The number of hydrogen-bond acceptors (Lipinski definition) is 4. The SMILES string of the molecule is COC(=O)C(N)Cc1c[nH]c2cccc(N)c12.Cl. The maximum Gasteiger partial charge on any atom is 0.322 e. The Morgan fingerprint density at radius 3 is 2.89 bits per heavy atom. The number of hydrogen-bond donors (Lipinski definition) is 3. The molecule has 0 saturated carbocycles. The fraction of sp³-hybridized carbons (Fsp3) is 0.250. The highest BCUT2D eigenvalue weighted by Gasteiger charge is 2.17. The summed E-state index contributed by atoms with van der Waals surface area (Å²) in [5, 5.41) is 0.923. The van der Waals surface area contributed by atoms with E-state index in [1.165, 1.54) is 7.11 Å². The van der Waals surface area contributed by atoms with E-state index in [9.17, 15) is 4.79 Å². The van der Waals surface area contributed by atoms with E-state index >= 15 is 0 Å². The standard InChI is InChI=1S/C12H15N3O2.ClH/c1-17-12(16)9(14)5-7-6-15-10-4-2-3-8(13)11(7)10;/h2-4,6,9,15H,5,13-14H2,1H3;1H. The lowest BCUT2D eigenvalue weighted by Crippen LogP contribution is -2.33. The van der Waals surface area contributed by atoms with Crippen molar-refractivity contribution in [3.8, 4) is 0 Å². The van der Waals surface area contributed by atoms with Gasteiger partial charge in [-0.3, -0.25) is 4.79 Å². The molecule has 98 valence electrons. The molecule has 0 amide bonds. The van der Waals surface area contributed by atoms with Crippen molar-refractivity contribution in [2.45, 2.75) is 12.5 Å². The summed E-state index contributed by atoms with van der Waals surface area (Å²) >= 11 is 0. The van der Waals surface area contributed by atoms with Gasteiger partial charge in [-0.1, -0.05) is 6.07 Å². The molecule has 18 heavy (non-hydrogen) atoms. The number of methoxy groups -OCH3 is 1. The molecule has 2 rings (SSSR count). The molecule has 5 N–H and O–H groups in total. The van der Waals surface area contributed by atoms with Crippen molar-refractivity contribution in [2.24, 2.45) is 5.73 Å². The molecule has 1 atom stereocenters. The second-order valence-electron chi connectivity index (χ2n) is 3.92. The summed E-state index contributed by atoms with van der Waals surface area (Å²) < 4.78 is 4.60.